The van der Waals surface area contributed by atoms with Gasteiger partial charge in [-0.2, -0.15) is 5.10 Å². The fraction of sp³-hybridized carbons (Fsp3) is 0.417. The van der Waals surface area contributed by atoms with Crippen LogP contribution in [0.3, 0.4) is 0 Å². The van der Waals surface area contributed by atoms with Gasteiger partial charge in [0.1, 0.15) is 5.75 Å². The largest absolute Gasteiger partial charge is 0.497 e. The third kappa shape index (κ3) is 2.12. The van der Waals surface area contributed by atoms with Crippen molar-refractivity contribution < 1.29 is 4.74 Å². The standard InChI is InChI=1S/C10H12N2O.C2H6/c1-7-9-5-4-8(13-3)6-10(9)12(2)11-7;1-2/h4-6H,1-3H3;1-2H3. The van der Waals surface area contributed by atoms with Gasteiger partial charge in [-0.05, 0) is 19.1 Å². The van der Waals surface area contributed by atoms with Crippen LogP contribution in [-0.4, -0.2) is 16.9 Å². The second-order valence-corrected chi connectivity index (χ2v) is 3.09. The molecular formula is C12H18N2O. The molecule has 1 aromatic heterocycles. The molecule has 0 saturated carbocycles. The lowest BCUT2D eigenvalue weighted by atomic mass is 10.2. The molecule has 0 bridgehead atoms. The lowest BCUT2D eigenvalue weighted by Gasteiger charge is -1.99. The van der Waals surface area contributed by atoms with Gasteiger partial charge in [0.2, 0.25) is 0 Å². The molecule has 15 heavy (non-hydrogen) atoms. The summed E-state index contributed by atoms with van der Waals surface area (Å²) in [7, 11) is 3.61. The first-order valence-corrected chi connectivity index (χ1v) is 5.19. The van der Waals surface area contributed by atoms with Gasteiger partial charge >= 0.3 is 0 Å². The summed E-state index contributed by atoms with van der Waals surface area (Å²) >= 11 is 0. The third-order valence-electron chi connectivity index (χ3n) is 2.24. The maximum Gasteiger partial charge on any atom is 0.121 e. The SMILES string of the molecule is CC.COc1ccc2c(C)nn(C)c2c1. The normalized spacial score (nSPS) is 9.67. The minimum absolute atomic E-state index is 0.871. The van der Waals surface area contributed by atoms with Crippen LogP contribution in [0, 0.1) is 6.92 Å². The Morgan fingerprint density at radius 2 is 1.93 bits per heavy atom. The van der Waals surface area contributed by atoms with Crippen LogP contribution in [0.2, 0.25) is 0 Å². The lowest BCUT2D eigenvalue weighted by molar-refractivity contribution is 0.415. The second kappa shape index (κ2) is 4.82. The van der Waals surface area contributed by atoms with Crippen molar-refractivity contribution in [2.45, 2.75) is 20.8 Å². The average molecular weight is 206 g/mol. The molecule has 0 fully saturated rings. The Morgan fingerprint density at radius 1 is 1.27 bits per heavy atom. The number of methoxy groups -OCH3 is 1. The molecule has 0 radical (unpaired) electrons. The average Bonchev–Trinajstić information content (AvgIpc) is 2.57. The Hall–Kier alpha value is -1.51. The van der Waals surface area contributed by atoms with Crippen molar-refractivity contribution in [1.29, 1.82) is 0 Å². The molecule has 3 heteroatoms. The minimum Gasteiger partial charge on any atom is -0.497 e. The minimum atomic E-state index is 0.871. The maximum absolute atomic E-state index is 5.15. The van der Waals surface area contributed by atoms with E-state index in [0.717, 1.165) is 17.0 Å². The van der Waals surface area contributed by atoms with Crippen molar-refractivity contribution in [2.24, 2.45) is 7.05 Å². The molecule has 0 amide bonds. The molecule has 3 nitrogen and oxygen atoms in total. The van der Waals surface area contributed by atoms with E-state index in [1.165, 1.54) is 5.39 Å². The van der Waals surface area contributed by atoms with Crippen LogP contribution in [0.15, 0.2) is 18.2 Å². The fourth-order valence-corrected chi connectivity index (χ4v) is 1.54. The van der Waals surface area contributed by atoms with Crippen molar-refractivity contribution in [3.05, 3.63) is 23.9 Å². The Balaban J connectivity index is 0.000000531. The first-order chi connectivity index (χ1) is 7.22. The Labute approximate surface area is 90.7 Å². The van der Waals surface area contributed by atoms with Gasteiger partial charge in [-0.3, -0.25) is 4.68 Å². The topological polar surface area (TPSA) is 27.1 Å². The van der Waals surface area contributed by atoms with E-state index >= 15 is 0 Å². The van der Waals surface area contributed by atoms with E-state index in [0.29, 0.717) is 0 Å². The van der Waals surface area contributed by atoms with Gasteiger partial charge in [0.05, 0.1) is 18.3 Å². The summed E-state index contributed by atoms with van der Waals surface area (Å²) < 4.78 is 7.01. The van der Waals surface area contributed by atoms with Crippen molar-refractivity contribution >= 4 is 10.9 Å². The number of fused-ring (bicyclic) bond motifs is 1. The Morgan fingerprint density at radius 3 is 2.53 bits per heavy atom. The number of hydrogen-bond acceptors (Lipinski definition) is 2. The predicted molar refractivity (Wildman–Crippen MR) is 63.4 cm³/mol. The van der Waals surface area contributed by atoms with E-state index in [2.05, 4.69) is 5.10 Å². The number of hydrogen-bond donors (Lipinski definition) is 0. The smallest absolute Gasteiger partial charge is 0.121 e. The summed E-state index contributed by atoms with van der Waals surface area (Å²) in [5.74, 6) is 0.871. The molecule has 2 aromatic rings. The van der Waals surface area contributed by atoms with E-state index in [1.54, 1.807) is 7.11 Å². The Bertz CT molecular complexity index is 446. The summed E-state index contributed by atoms with van der Waals surface area (Å²) in [4.78, 5) is 0. The molecule has 0 aliphatic carbocycles. The van der Waals surface area contributed by atoms with E-state index in [-0.39, 0.29) is 0 Å². The van der Waals surface area contributed by atoms with Crippen LogP contribution in [0.4, 0.5) is 0 Å². The first kappa shape index (κ1) is 11.6. The van der Waals surface area contributed by atoms with Gasteiger partial charge in [-0.25, -0.2) is 0 Å². The van der Waals surface area contributed by atoms with Crippen molar-refractivity contribution in [2.75, 3.05) is 7.11 Å². The lowest BCUT2D eigenvalue weighted by Crippen LogP contribution is -1.90. The molecule has 2 rings (SSSR count). The number of aryl methyl sites for hydroxylation is 2. The fourth-order valence-electron chi connectivity index (χ4n) is 1.54. The zero-order chi connectivity index (χ0) is 11.4. The van der Waals surface area contributed by atoms with Crippen molar-refractivity contribution in [1.82, 2.24) is 9.78 Å². The Kier molecular flexibility index (Phi) is 3.72. The van der Waals surface area contributed by atoms with E-state index in [1.807, 2.05) is 50.7 Å². The number of benzene rings is 1. The maximum atomic E-state index is 5.15. The summed E-state index contributed by atoms with van der Waals surface area (Å²) in [6.07, 6.45) is 0. The molecule has 0 atom stereocenters. The van der Waals surface area contributed by atoms with Gasteiger partial charge in [0.15, 0.2) is 0 Å². The number of ether oxygens (including phenoxy) is 1. The van der Waals surface area contributed by atoms with Crippen LogP contribution in [-0.2, 0) is 7.05 Å². The van der Waals surface area contributed by atoms with E-state index in [4.69, 9.17) is 4.74 Å². The van der Waals surface area contributed by atoms with E-state index in [9.17, 15) is 0 Å². The third-order valence-corrected chi connectivity index (χ3v) is 2.24. The number of rotatable bonds is 1. The molecule has 0 unspecified atom stereocenters. The zero-order valence-corrected chi connectivity index (χ0v) is 10.0. The highest BCUT2D eigenvalue weighted by atomic mass is 16.5. The molecule has 0 N–H and O–H groups in total. The number of nitrogens with zero attached hydrogens (tertiary/aromatic N) is 2. The van der Waals surface area contributed by atoms with Crippen LogP contribution in [0.25, 0.3) is 10.9 Å². The highest BCUT2D eigenvalue weighted by Gasteiger charge is 2.04. The second-order valence-electron chi connectivity index (χ2n) is 3.09. The highest BCUT2D eigenvalue weighted by molar-refractivity contribution is 5.83. The summed E-state index contributed by atoms with van der Waals surface area (Å²) in [5, 5.41) is 5.51. The van der Waals surface area contributed by atoms with Gasteiger partial charge < -0.3 is 4.74 Å². The van der Waals surface area contributed by atoms with Crippen molar-refractivity contribution in [3.63, 3.8) is 0 Å². The van der Waals surface area contributed by atoms with Gasteiger partial charge in [-0.15, -0.1) is 0 Å². The summed E-state index contributed by atoms with van der Waals surface area (Å²) in [5.41, 5.74) is 2.16. The van der Waals surface area contributed by atoms with Crippen LogP contribution < -0.4 is 4.74 Å². The summed E-state index contributed by atoms with van der Waals surface area (Å²) in [6, 6.07) is 5.99. The molecule has 0 aliphatic rings. The predicted octanol–water partition coefficient (Wildman–Crippen LogP) is 2.92. The van der Waals surface area contributed by atoms with Crippen LogP contribution >= 0.6 is 0 Å². The first-order valence-electron chi connectivity index (χ1n) is 5.19. The summed E-state index contributed by atoms with van der Waals surface area (Å²) in [6.45, 7) is 6.01. The molecule has 0 spiro atoms. The molecule has 0 aliphatic heterocycles. The van der Waals surface area contributed by atoms with Crippen LogP contribution in [0.1, 0.15) is 19.5 Å². The van der Waals surface area contributed by atoms with E-state index < -0.39 is 0 Å². The molecular weight excluding hydrogens is 188 g/mol. The van der Waals surface area contributed by atoms with Crippen LogP contribution in [0.5, 0.6) is 5.75 Å². The van der Waals surface area contributed by atoms with Gasteiger partial charge in [-0.1, -0.05) is 13.8 Å². The number of aromatic nitrogens is 2. The van der Waals surface area contributed by atoms with Crippen molar-refractivity contribution in [3.8, 4) is 5.75 Å². The molecule has 1 heterocycles. The zero-order valence-electron chi connectivity index (χ0n) is 10.0. The highest BCUT2D eigenvalue weighted by Crippen LogP contribution is 2.22. The monoisotopic (exact) mass is 206 g/mol. The van der Waals surface area contributed by atoms with Gasteiger partial charge in [0, 0.05) is 18.5 Å². The molecule has 1 aromatic carbocycles. The molecule has 82 valence electrons. The van der Waals surface area contributed by atoms with Gasteiger partial charge in [0.25, 0.3) is 0 Å². The quantitative estimate of drug-likeness (QED) is 0.717. The molecule has 0 saturated heterocycles.